The van der Waals surface area contributed by atoms with Gasteiger partial charge in [-0.2, -0.15) is 0 Å². The van der Waals surface area contributed by atoms with Crippen LogP contribution in [0.4, 0.5) is 0 Å². The van der Waals surface area contributed by atoms with Gasteiger partial charge < -0.3 is 4.74 Å². The topological polar surface area (TPSA) is 43.4 Å². The summed E-state index contributed by atoms with van der Waals surface area (Å²) in [6.07, 6.45) is 0.438. The lowest BCUT2D eigenvalue weighted by Gasteiger charge is -2.24. The summed E-state index contributed by atoms with van der Waals surface area (Å²) in [5, 5.41) is -0.306. The smallest absolute Gasteiger partial charge is 0.326 e. The molecule has 0 atom stereocenters. The molecule has 3 nitrogen and oxygen atoms in total. The van der Waals surface area contributed by atoms with Gasteiger partial charge in [0.15, 0.2) is 5.75 Å². The molecule has 0 aliphatic rings. The lowest BCUT2D eigenvalue weighted by atomic mass is 9.84. The fraction of sp³-hybridized carbons (Fsp3) is 0.385. The van der Waals surface area contributed by atoms with E-state index in [1.54, 1.807) is 13.8 Å². The van der Waals surface area contributed by atoms with Crippen LogP contribution in [0.15, 0.2) is 12.1 Å². The molecule has 0 radical (unpaired) electrons. The zero-order chi connectivity index (χ0) is 15.5. The maximum atomic E-state index is 12.2. The average molecular weight is 358 g/mol. The summed E-state index contributed by atoms with van der Waals surface area (Å²) in [4.78, 5) is 23.8. The third-order valence-corrected chi connectivity index (χ3v) is 4.50. The van der Waals surface area contributed by atoms with Gasteiger partial charge in [-0.3, -0.25) is 9.59 Å². The van der Waals surface area contributed by atoms with Crippen LogP contribution in [0.1, 0.15) is 26.7 Å². The molecule has 0 fully saturated rings. The van der Waals surface area contributed by atoms with Gasteiger partial charge in [0.05, 0.1) is 5.02 Å². The van der Waals surface area contributed by atoms with Crippen molar-refractivity contribution in [2.75, 3.05) is 0 Å². The highest BCUT2D eigenvalue weighted by atomic mass is 35.5. The minimum absolute atomic E-state index is 0.00152. The molecule has 0 aliphatic heterocycles. The quantitative estimate of drug-likeness (QED) is 0.241. The van der Waals surface area contributed by atoms with Crippen LogP contribution < -0.4 is 4.74 Å². The molecule has 0 bridgehead atoms. The van der Waals surface area contributed by atoms with E-state index in [9.17, 15) is 9.59 Å². The Bertz CT molecular complexity index is 539. The average Bonchev–Trinajstić information content (AvgIpc) is 2.37. The Balaban J connectivity index is 3.15. The molecule has 0 amide bonds. The van der Waals surface area contributed by atoms with E-state index in [0.717, 1.165) is 0 Å². The van der Waals surface area contributed by atoms with Crippen molar-refractivity contribution in [1.82, 2.24) is 0 Å². The van der Waals surface area contributed by atoms with E-state index in [-0.39, 0.29) is 33.7 Å². The van der Waals surface area contributed by atoms with Crippen molar-refractivity contribution in [2.45, 2.75) is 26.7 Å². The lowest BCUT2D eigenvalue weighted by molar-refractivity contribution is -0.150. The van der Waals surface area contributed by atoms with Crippen LogP contribution in [0.2, 0.25) is 15.1 Å². The van der Waals surface area contributed by atoms with E-state index in [2.05, 4.69) is 0 Å². The van der Waals surface area contributed by atoms with Crippen LogP contribution >= 0.6 is 46.4 Å². The molecule has 110 valence electrons. The van der Waals surface area contributed by atoms with Gasteiger partial charge in [-0.1, -0.05) is 48.7 Å². The van der Waals surface area contributed by atoms with Gasteiger partial charge in [0.2, 0.25) is 5.24 Å². The fourth-order valence-corrected chi connectivity index (χ4v) is 2.67. The summed E-state index contributed by atoms with van der Waals surface area (Å²) in [7, 11) is 0. The predicted molar refractivity (Wildman–Crippen MR) is 81.0 cm³/mol. The second-order valence-corrected chi connectivity index (χ2v) is 5.72. The standard InChI is InChI=1S/C13H12Cl4O3/c1-3-13(4-2,11(17)18)12(19)20-9-6-7(14)5-8(15)10(9)16/h5-6H,3-4H2,1-2H3. The molecule has 0 saturated heterocycles. The Morgan fingerprint density at radius 1 is 1.15 bits per heavy atom. The second-order valence-electron chi connectivity index (χ2n) is 4.15. The molecule has 0 aliphatic carbocycles. The molecule has 0 heterocycles. The number of rotatable bonds is 5. The van der Waals surface area contributed by atoms with Crippen molar-refractivity contribution in [2.24, 2.45) is 5.41 Å². The molecular formula is C13H12Cl4O3. The van der Waals surface area contributed by atoms with E-state index in [1.165, 1.54) is 12.1 Å². The molecule has 1 aromatic carbocycles. The van der Waals surface area contributed by atoms with Crippen molar-refractivity contribution in [3.8, 4) is 5.75 Å². The molecule has 7 heteroatoms. The van der Waals surface area contributed by atoms with E-state index in [4.69, 9.17) is 51.1 Å². The van der Waals surface area contributed by atoms with Crippen LogP contribution in [0.25, 0.3) is 0 Å². The molecular weight excluding hydrogens is 346 g/mol. The third-order valence-electron chi connectivity index (χ3n) is 3.14. The van der Waals surface area contributed by atoms with Crippen molar-refractivity contribution in [3.05, 3.63) is 27.2 Å². The number of carbonyl (C=O) groups excluding carboxylic acids is 2. The summed E-state index contributed by atoms with van der Waals surface area (Å²) in [6, 6.07) is 2.77. The molecule has 0 unspecified atom stereocenters. The molecule has 0 N–H and O–H groups in total. The number of benzene rings is 1. The number of halogens is 4. The van der Waals surface area contributed by atoms with Gasteiger partial charge in [0, 0.05) is 11.1 Å². The monoisotopic (exact) mass is 356 g/mol. The highest BCUT2D eigenvalue weighted by molar-refractivity contribution is 6.66. The Labute approximate surface area is 137 Å². The fourth-order valence-electron chi connectivity index (χ4n) is 1.70. The first-order valence-electron chi connectivity index (χ1n) is 5.85. The van der Waals surface area contributed by atoms with Crippen molar-refractivity contribution >= 4 is 57.6 Å². The zero-order valence-corrected chi connectivity index (χ0v) is 13.8. The van der Waals surface area contributed by atoms with Crippen LogP contribution in [0.3, 0.4) is 0 Å². The van der Waals surface area contributed by atoms with Crippen molar-refractivity contribution in [3.63, 3.8) is 0 Å². The number of hydrogen-bond donors (Lipinski definition) is 0. The third kappa shape index (κ3) is 3.40. The van der Waals surface area contributed by atoms with Crippen LogP contribution in [0, 0.1) is 5.41 Å². The molecule has 0 aromatic heterocycles. The van der Waals surface area contributed by atoms with Gasteiger partial charge in [-0.05, 0) is 30.5 Å². The van der Waals surface area contributed by atoms with E-state index in [0.29, 0.717) is 0 Å². The molecule has 1 aromatic rings. The highest BCUT2D eigenvalue weighted by Crippen LogP contribution is 2.38. The van der Waals surface area contributed by atoms with Crippen LogP contribution in [-0.2, 0) is 9.59 Å². The molecule has 1 rings (SSSR count). The molecule has 0 spiro atoms. The van der Waals surface area contributed by atoms with Gasteiger partial charge in [0.25, 0.3) is 0 Å². The molecule has 20 heavy (non-hydrogen) atoms. The van der Waals surface area contributed by atoms with E-state index < -0.39 is 16.6 Å². The summed E-state index contributed by atoms with van der Waals surface area (Å²) < 4.78 is 5.17. The summed E-state index contributed by atoms with van der Waals surface area (Å²) in [5.41, 5.74) is -1.40. The predicted octanol–water partition coefficient (Wildman–Crippen LogP) is 5.12. The van der Waals surface area contributed by atoms with Crippen LogP contribution in [-0.4, -0.2) is 11.2 Å². The van der Waals surface area contributed by atoms with E-state index in [1.807, 2.05) is 0 Å². The number of esters is 1. The minimum atomic E-state index is -1.40. The maximum absolute atomic E-state index is 12.2. The van der Waals surface area contributed by atoms with Gasteiger partial charge >= 0.3 is 5.97 Å². The van der Waals surface area contributed by atoms with Crippen molar-refractivity contribution < 1.29 is 14.3 Å². The summed E-state index contributed by atoms with van der Waals surface area (Å²) >= 11 is 23.1. The first-order chi connectivity index (χ1) is 9.28. The number of ether oxygens (including phenoxy) is 1. The number of carbonyl (C=O) groups is 2. The maximum Gasteiger partial charge on any atom is 0.326 e. The lowest BCUT2D eigenvalue weighted by Crippen LogP contribution is -2.39. The minimum Gasteiger partial charge on any atom is -0.424 e. The molecule has 0 saturated carbocycles. The summed E-state index contributed by atoms with van der Waals surface area (Å²) in [5.74, 6) is -0.777. The Kier molecular flexibility index (Phi) is 6.14. The summed E-state index contributed by atoms with van der Waals surface area (Å²) in [6.45, 7) is 3.36. The first kappa shape index (κ1) is 17.6. The normalized spacial score (nSPS) is 11.3. The van der Waals surface area contributed by atoms with Gasteiger partial charge in [-0.25, -0.2) is 0 Å². The second kappa shape index (κ2) is 6.99. The van der Waals surface area contributed by atoms with Gasteiger partial charge in [-0.15, -0.1) is 0 Å². The zero-order valence-electron chi connectivity index (χ0n) is 10.8. The SMILES string of the molecule is CCC(CC)(C(=O)Cl)C(=O)Oc1cc(Cl)cc(Cl)c1Cl. The number of hydrogen-bond acceptors (Lipinski definition) is 3. The Hall–Kier alpha value is -0.480. The van der Waals surface area contributed by atoms with Crippen molar-refractivity contribution in [1.29, 1.82) is 0 Å². The van der Waals surface area contributed by atoms with Crippen LogP contribution in [0.5, 0.6) is 5.75 Å². The van der Waals surface area contributed by atoms with Gasteiger partial charge in [0.1, 0.15) is 10.4 Å². The van der Waals surface area contributed by atoms with E-state index >= 15 is 0 Å². The first-order valence-corrected chi connectivity index (χ1v) is 7.36. The Morgan fingerprint density at radius 2 is 1.70 bits per heavy atom. The highest BCUT2D eigenvalue weighted by Gasteiger charge is 2.43. The largest absolute Gasteiger partial charge is 0.424 e. The Morgan fingerprint density at radius 3 is 2.15 bits per heavy atom.